The Kier molecular flexibility index (Phi) is 6.71. The second-order valence-electron chi connectivity index (χ2n) is 5.66. The number of aliphatic imine (C=N–C) groups is 1. The molecule has 0 spiro atoms. The maximum Gasteiger partial charge on any atom is 0.270 e. The maximum absolute atomic E-state index is 12.7. The maximum atomic E-state index is 12.7. The van der Waals surface area contributed by atoms with Gasteiger partial charge in [0.1, 0.15) is 11.4 Å². The molecule has 2 aromatic rings. The predicted molar refractivity (Wildman–Crippen MR) is 103 cm³/mol. The van der Waals surface area contributed by atoms with Crippen molar-refractivity contribution in [1.82, 2.24) is 4.31 Å². The van der Waals surface area contributed by atoms with Gasteiger partial charge in [0, 0.05) is 31.4 Å². The van der Waals surface area contributed by atoms with Crippen LogP contribution in [0, 0.1) is 10.1 Å². The lowest BCUT2D eigenvalue weighted by Gasteiger charge is -2.19. The Morgan fingerprint density at radius 2 is 1.86 bits per heavy atom. The van der Waals surface area contributed by atoms with Crippen molar-refractivity contribution >= 4 is 27.6 Å². The minimum atomic E-state index is -3.70. The number of rotatable bonds is 8. The topological polar surface area (TPSA) is 125 Å². The molecule has 0 unspecified atom stereocenters. The second-order valence-corrected chi connectivity index (χ2v) is 7.60. The largest absolute Gasteiger partial charge is 0.872 e. The molecule has 0 N–H and O–H groups in total. The van der Waals surface area contributed by atoms with Gasteiger partial charge in [-0.05, 0) is 23.8 Å². The molecule has 28 heavy (non-hydrogen) atoms. The lowest BCUT2D eigenvalue weighted by molar-refractivity contribution is -0.385. The molecule has 0 radical (unpaired) electrons. The Bertz CT molecular complexity index is 1000. The summed E-state index contributed by atoms with van der Waals surface area (Å²) in [6.07, 6.45) is 1.15. The van der Waals surface area contributed by atoms with E-state index in [1.165, 1.54) is 29.6 Å². The van der Waals surface area contributed by atoms with Gasteiger partial charge in [-0.1, -0.05) is 25.7 Å². The summed E-state index contributed by atoms with van der Waals surface area (Å²) in [6, 6.07) is 7.52. The van der Waals surface area contributed by atoms with Gasteiger partial charge in [-0.2, -0.15) is 4.31 Å². The fourth-order valence-corrected chi connectivity index (χ4v) is 4.01. The third kappa shape index (κ3) is 4.46. The number of hydrogen-bond acceptors (Lipinski definition) is 7. The van der Waals surface area contributed by atoms with Crippen LogP contribution in [-0.4, -0.2) is 44.1 Å². The van der Waals surface area contributed by atoms with Crippen LogP contribution in [0.5, 0.6) is 11.5 Å². The number of nitro benzene ring substituents is 1. The Hall–Kier alpha value is -2.98. The summed E-state index contributed by atoms with van der Waals surface area (Å²) < 4.78 is 31.9. The van der Waals surface area contributed by atoms with Crippen LogP contribution in [0.15, 0.2) is 46.3 Å². The quantitative estimate of drug-likeness (QED) is 0.377. The lowest BCUT2D eigenvalue weighted by Crippen LogP contribution is -2.30. The molecule has 0 atom stereocenters. The fourth-order valence-electron chi connectivity index (χ4n) is 2.53. The summed E-state index contributed by atoms with van der Waals surface area (Å²) in [5, 5.41) is 22.8. The van der Waals surface area contributed by atoms with Crippen molar-refractivity contribution in [2.45, 2.75) is 18.7 Å². The SMILES string of the molecule is CCN(CC)S(=O)(=O)c1ccc(OC)c(N=Cc2cc([N+](=O)[O-])ccc2[O-])c1. The van der Waals surface area contributed by atoms with Gasteiger partial charge >= 0.3 is 0 Å². The molecule has 0 fully saturated rings. The van der Waals surface area contributed by atoms with Crippen molar-refractivity contribution < 1.29 is 23.2 Å². The van der Waals surface area contributed by atoms with E-state index in [-0.39, 0.29) is 21.8 Å². The van der Waals surface area contributed by atoms with Gasteiger partial charge in [-0.3, -0.25) is 15.1 Å². The van der Waals surface area contributed by atoms with E-state index in [0.717, 1.165) is 24.4 Å². The molecule has 0 heterocycles. The van der Waals surface area contributed by atoms with E-state index in [1.54, 1.807) is 13.8 Å². The molecule has 150 valence electrons. The highest BCUT2D eigenvalue weighted by atomic mass is 32.2. The number of non-ortho nitro benzene ring substituents is 1. The van der Waals surface area contributed by atoms with Gasteiger partial charge in [0.05, 0.1) is 16.9 Å². The van der Waals surface area contributed by atoms with Crippen molar-refractivity contribution in [1.29, 1.82) is 0 Å². The van der Waals surface area contributed by atoms with Crippen molar-refractivity contribution in [3.63, 3.8) is 0 Å². The van der Waals surface area contributed by atoms with Crippen LogP contribution in [0.2, 0.25) is 0 Å². The van der Waals surface area contributed by atoms with Crippen molar-refractivity contribution in [3.8, 4) is 11.5 Å². The number of nitrogens with zero attached hydrogens (tertiary/aromatic N) is 3. The first kappa shape index (κ1) is 21.3. The first-order valence-corrected chi connectivity index (χ1v) is 9.86. The lowest BCUT2D eigenvalue weighted by atomic mass is 10.2. The van der Waals surface area contributed by atoms with E-state index < -0.39 is 20.7 Å². The van der Waals surface area contributed by atoms with Gasteiger partial charge in [0.15, 0.2) is 0 Å². The molecule has 0 saturated carbocycles. The van der Waals surface area contributed by atoms with Crippen molar-refractivity contribution in [2.75, 3.05) is 20.2 Å². The van der Waals surface area contributed by atoms with Gasteiger partial charge in [-0.25, -0.2) is 8.42 Å². The molecule has 9 nitrogen and oxygen atoms in total. The highest BCUT2D eigenvalue weighted by Gasteiger charge is 2.22. The molecule has 0 aliphatic heterocycles. The molecule has 0 aliphatic rings. The average Bonchev–Trinajstić information content (AvgIpc) is 2.67. The number of ether oxygens (including phenoxy) is 1. The minimum Gasteiger partial charge on any atom is -0.872 e. The van der Waals surface area contributed by atoms with Crippen LogP contribution in [-0.2, 0) is 10.0 Å². The first-order valence-electron chi connectivity index (χ1n) is 8.42. The van der Waals surface area contributed by atoms with Crippen molar-refractivity contribution in [3.05, 3.63) is 52.1 Å². The Morgan fingerprint density at radius 3 is 2.43 bits per heavy atom. The first-order chi connectivity index (χ1) is 13.2. The van der Waals surface area contributed by atoms with Gasteiger partial charge < -0.3 is 9.84 Å². The van der Waals surface area contributed by atoms with E-state index in [4.69, 9.17) is 4.74 Å². The summed E-state index contributed by atoms with van der Waals surface area (Å²) in [5.74, 6) is -0.145. The zero-order valence-electron chi connectivity index (χ0n) is 15.7. The number of benzene rings is 2. The fraction of sp³-hybridized carbons (Fsp3) is 0.278. The summed E-state index contributed by atoms with van der Waals surface area (Å²) in [7, 11) is -2.30. The minimum absolute atomic E-state index is 0.00764. The summed E-state index contributed by atoms with van der Waals surface area (Å²) in [5.41, 5.74) is -0.0548. The molecule has 0 bridgehead atoms. The van der Waals surface area contributed by atoms with Gasteiger partial charge in [0.25, 0.3) is 5.69 Å². The average molecular weight is 406 g/mol. The monoisotopic (exact) mass is 406 g/mol. The summed E-state index contributed by atoms with van der Waals surface area (Å²) in [4.78, 5) is 14.4. The highest BCUT2D eigenvalue weighted by molar-refractivity contribution is 7.89. The second kappa shape index (κ2) is 8.81. The van der Waals surface area contributed by atoms with Gasteiger partial charge in [0.2, 0.25) is 10.0 Å². The van der Waals surface area contributed by atoms with E-state index >= 15 is 0 Å². The van der Waals surface area contributed by atoms with Crippen LogP contribution in [0.25, 0.3) is 0 Å². The summed E-state index contributed by atoms with van der Waals surface area (Å²) >= 11 is 0. The Labute approximate surface area is 163 Å². The zero-order chi connectivity index (χ0) is 20.9. The molecule has 0 aliphatic carbocycles. The molecular weight excluding hydrogens is 386 g/mol. The number of sulfonamides is 1. The predicted octanol–water partition coefficient (Wildman–Crippen LogP) is 2.46. The highest BCUT2D eigenvalue weighted by Crippen LogP contribution is 2.31. The zero-order valence-corrected chi connectivity index (χ0v) is 16.5. The van der Waals surface area contributed by atoms with Crippen LogP contribution >= 0.6 is 0 Å². The molecule has 2 aromatic carbocycles. The van der Waals surface area contributed by atoms with E-state index in [1.807, 2.05) is 0 Å². The van der Waals surface area contributed by atoms with E-state index in [9.17, 15) is 23.6 Å². The smallest absolute Gasteiger partial charge is 0.270 e. The third-order valence-corrected chi connectivity index (χ3v) is 6.09. The van der Waals surface area contributed by atoms with Crippen LogP contribution in [0.3, 0.4) is 0 Å². The van der Waals surface area contributed by atoms with Crippen molar-refractivity contribution in [2.24, 2.45) is 4.99 Å². The molecule has 2 rings (SSSR count). The molecule has 10 heteroatoms. The number of methoxy groups -OCH3 is 1. The third-order valence-electron chi connectivity index (χ3n) is 4.04. The van der Waals surface area contributed by atoms with Crippen LogP contribution in [0.4, 0.5) is 11.4 Å². The van der Waals surface area contributed by atoms with E-state index in [0.29, 0.717) is 18.8 Å². The number of hydrogen-bond donors (Lipinski definition) is 0. The molecule has 0 saturated heterocycles. The normalized spacial score (nSPS) is 11.9. The number of nitro groups is 1. The Morgan fingerprint density at radius 1 is 1.18 bits per heavy atom. The standard InChI is InChI=1S/C18H21N3O6S/c1-4-20(5-2)28(25,26)15-7-9-18(27-3)16(11-15)19-12-13-10-14(21(23)24)6-8-17(13)22/h6-12,22H,4-5H2,1-3H3/p-1. The molecular formula is C18H20N3O6S-. The summed E-state index contributed by atoms with van der Waals surface area (Å²) in [6.45, 7) is 4.11. The molecule has 0 amide bonds. The van der Waals surface area contributed by atoms with E-state index in [2.05, 4.69) is 4.99 Å². The van der Waals surface area contributed by atoms with Crippen LogP contribution < -0.4 is 9.84 Å². The molecule has 0 aromatic heterocycles. The Balaban J connectivity index is 2.50. The van der Waals surface area contributed by atoms with Gasteiger partial charge in [-0.15, -0.1) is 0 Å². The van der Waals surface area contributed by atoms with Crippen LogP contribution in [0.1, 0.15) is 19.4 Å².